The van der Waals surface area contributed by atoms with Gasteiger partial charge in [0.2, 0.25) is 5.91 Å². The molecule has 1 unspecified atom stereocenters. The van der Waals surface area contributed by atoms with Crippen LogP contribution in [0, 0.1) is 0 Å². The van der Waals surface area contributed by atoms with Gasteiger partial charge in [-0.05, 0) is 42.7 Å². The van der Waals surface area contributed by atoms with Crippen molar-refractivity contribution < 1.29 is 22.7 Å². The van der Waals surface area contributed by atoms with Crippen molar-refractivity contribution in [1.82, 2.24) is 25.2 Å². The van der Waals surface area contributed by atoms with E-state index in [0.717, 1.165) is 19.1 Å². The van der Waals surface area contributed by atoms with E-state index in [1.165, 1.54) is 0 Å². The summed E-state index contributed by atoms with van der Waals surface area (Å²) in [5, 5.41) is 10.9. The Hall–Kier alpha value is -3.73. The van der Waals surface area contributed by atoms with E-state index in [9.17, 15) is 18.0 Å². The van der Waals surface area contributed by atoms with Gasteiger partial charge in [0.1, 0.15) is 11.8 Å². The van der Waals surface area contributed by atoms with Gasteiger partial charge in [0, 0.05) is 24.6 Å². The van der Waals surface area contributed by atoms with E-state index in [1.807, 2.05) is 30.3 Å². The smallest absolute Gasteiger partial charge is 0.252 e. The Morgan fingerprint density at radius 3 is 2.53 bits per heavy atom. The number of nitrogens with one attached hydrogen (secondary N) is 1. The molecule has 2 aromatic carbocycles. The van der Waals surface area contributed by atoms with E-state index in [2.05, 4.69) is 15.6 Å². The van der Waals surface area contributed by atoms with Crippen molar-refractivity contribution in [2.45, 2.75) is 37.2 Å². The molecule has 0 radical (unpaired) electrons. The van der Waals surface area contributed by atoms with Crippen molar-refractivity contribution in [3.8, 4) is 5.75 Å². The number of sulfone groups is 1. The maximum Gasteiger partial charge on any atom is 0.252 e. The number of carbonyl (C=O) groups excluding carboxylic acids is 2. The molecule has 10 nitrogen and oxygen atoms in total. The Morgan fingerprint density at radius 1 is 1.14 bits per heavy atom. The first-order valence-corrected chi connectivity index (χ1v) is 13.7. The largest absolute Gasteiger partial charge is 0.497 e. The van der Waals surface area contributed by atoms with Crippen LogP contribution in [0.2, 0.25) is 0 Å². The minimum Gasteiger partial charge on any atom is -0.497 e. The number of likely N-dealkylation sites (tertiary alicyclic amines) is 1. The van der Waals surface area contributed by atoms with E-state index in [4.69, 9.17) is 4.74 Å². The molecule has 1 saturated heterocycles. The third kappa shape index (κ3) is 6.28. The average Bonchev–Trinajstić information content (AvgIpc) is 3.51. The van der Waals surface area contributed by atoms with Crippen LogP contribution in [-0.2, 0) is 26.9 Å². The number of benzene rings is 2. The second-order valence-electron chi connectivity index (χ2n) is 8.88. The minimum absolute atomic E-state index is 0.158. The number of rotatable bonds is 9. The van der Waals surface area contributed by atoms with Gasteiger partial charge in [0.25, 0.3) is 5.91 Å². The maximum absolute atomic E-state index is 13.8. The van der Waals surface area contributed by atoms with Crippen molar-refractivity contribution in [2.24, 2.45) is 0 Å². The lowest BCUT2D eigenvalue weighted by molar-refractivity contribution is -0.134. The number of nitrogens with zero attached hydrogens (tertiary/aromatic N) is 4. The van der Waals surface area contributed by atoms with Crippen LogP contribution in [0.15, 0.2) is 60.8 Å². The van der Waals surface area contributed by atoms with Crippen molar-refractivity contribution in [3.63, 3.8) is 0 Å². The number of amides is 2. The maximum atomic E-state index is 13.8. The van der Waals surface area contributed by atoms with Crippen LogP contribution in [0.1, 0.15) is 40.5 Å². The predicted octanol–water partition coefficient (Wildman–Crippen LogP) is 1.99. The van der Waals surface area contributed by atoms with Gasteiger partial charge in [0.05, 0.1) is 31.1 Å². The highest BCUT2D eigenvalue weighted by Gasteiger charge is 2.35. The Bertz CT molecular complexity index is 1310. The van der Waals surface area contributed by atoms with Crippen LogP contribution < -0.4 is 10.1 Å². The van der Waals surface area contributed by atoms with Crippen molar-refractivity contribution in [1.29, 1.82) is 0 Å². The summed E-state index contributed by atoms with van der Waals surface area (Å²) < 4.78 is 29.8. The molecular weight excluding hydrogens is 482 g/mol. The third-order valence-electron chi connectivity index (χ3n) is 6.06. The van der Waals surface area contributed by atoms with Gasteiger partial charge in [-0.1, -0.05) is 35.5 Å². The first-order chi connectivity index (χ1) is 17.2. The molecular formula is C25H29N5O5S. The highest BCUT2D eigenvalue weighted by Crippen LogP contribution is 2.25. The molecule has 1 aliphatic rings. The normalized spacial score (nSPS) is 16.5. The van der Waals surface area contributed by atoms with Gasteiger partial charge in [0.15, 0.2) is 9.84 Å². The molecule has 1 aromatic heterocycles. The SMILES string of the molecule is COc1ccc(C(=O)NC(C(=O)N2CCC[C@@H]2Cn2cc(CS(C)(=O)=O)nn2)c2ccccc2)cc1. The third-order valence-corrected chi connectivity index (χ3v) is 6.88. The fourth-order valence-corrected chi connectivity index (χ4v) is 5.02. The summed E-state index contributed by atoms with van der Waals surface area (Å²) >= 11 is 0. The zero-order valence-corrected chi connectivity index (χ0v) is 21.0. The quantitative estimate of drug-likeness (QED) is 0.466. The standard InChI is InChI=1S/C25H29N5O5S/c1-35-22-12-10-19(11-13-22)24(31)26-23(18-7-4-3-5-8-18)25(32)30-14-6-9-21(30)16-29-15-20(27-28-29)17-36(2,33)34/h3-5,7-8,10-13,15,21,23H,6,9,14,16-17H2,1-2H3,(H,26,31)/t21-,23?/m1/s1. The summed E-state index contributed by atoms with van der Waals surface area (Å²) in [4.78, 5) is 28.6. The monoisotopic (exact) mass is 511 g/mol. The first-order valence-electron chi connectivity index (χ1n) is 11.6. The van der Waals surface area contributed by atoms with Crippen LogP contribution >= 0.6 is 0 Å². The predicted molar refractivity (Wildman–Crippen MR) is 133 cm³/mol. The number of methoxy groups -OCH3 is 1. The van der Waals surface area contributed by atoms with Gasteiger partial charge >= 0.3 is 0 Å². The number of hydrogen-bond acceptors (Lipinski definition) is 7. The molecule has 3 aromatic rings. The number of aromatic nitrogens is 3. The van der Waals surface area contributed by atoms with Crippen molar-refractivity contribution >= 4 is 21.7 Å². The van der Waals surface area contributed by atoms with Gasteiger partial charge in [-0.25, -0.2) is 8.42 Å². The van der Waals surface area contributed by atoms with E-state index < -0.39 is 15.9 Å². The van der Waals surface area contributed by atoms with Crippen LogP contribution in [0.5, 0.6) is 5.75 Å². The zero-order valence-electron chi connectivity index (χ0n) is 20.2. The van der Waals surface area contributed by atoms with E-state index in [0.29, 0.717) is 35.7 Å². The topological polar surface area (TPSA) is 123 Å². The number of ether oxygens (including phenoxy) is 1. The molecule has 0 bridgehead atoms. The molecule has 1 aliphatic heterocycles. The highest BCUT2D eigenvalue weighted by atomic mass is 32.2. The lowest BCUT2D eigenvalue weighted by atomic mass is 10.0. The summed E-state index contributed by atoms with van der Waals surface area (Å²) in [5.74, 6) is -0.123. The van der Waals surface area contributed by atoms with Crippen LogP contribution in [0.3, 0.4) is 0 Å². The highest BCUT2D eigenvalue weighted by molar-refractivity contribution is 7.89. The van der Waals surface area contributed by atoms with Crippen molar-refractivity contribution in [2.75, 3.05) is 19.9 Å². The molecule has 0 spiro atoms. The summed E-state index contributed by atoms with van der Waals surface area (Å²) in [6.07, 6.45) is 4.33. The Kier molecular flexibility index (Phi) is 7.68. The molecule has 36 heavy (non-hydrogen) atoms. The molecule has 2 atom stereocenters. The molecule has 0 aliphatic carbocycles. The molecule has 1 N–H and O–H groups in total. The second-order valence-corrected chi connectivity index (χ2v) is 11.0. The summed E-state index contributed by atoms with van der Waals surface area (Å²) in [6.45, 7) is 0.937. The van der Waals surface area contributed by atoms with Gasteiger partial charge in [-0.2, -0.15) is 0 Å². The molecule has 11 heteroatoms. The fraction of sp³-hybridized carbons (Fsp3) is 0.360. The average molecular weight is 512 g/mol. The van der Waals surface area contributed by atoms with Crippen LogP contribution in [0.4, 0.5) is 0 Å². The lowest BCUT2D eigenvalue weighted by Crippen LogP contribution is -2.46. The number of carbonyl (C=O) groups is 2. The summed E-state index contributed by atoms with van der Waals surface area (Å²) in [5.41, 5.74) is 1.47. The second kappa shape index (κ2) is 10.9. The van der Waals surface area contributed by atoms with Gasteiger partial charge in [-0.3, -0.25) is 14.3 Å². The Morgan fingerprint density at radius 2 is 1.86 bits per heavy atom. The van der Waals surface area contributed by atoms with Crippen LogP contribution in [-0.4, -0.2) is 66.1 Å². The van der Waals surface area contributed by atoms with Gasteiger partial charge < -0.3 is 15.0 Å². The van der Waals surface area contributed by atoms with Crippen LogP contribution in [0.25, 0.3) is 0 Å². The van der Waals surface area contributed by atoms with Gasteiger partial charge in [-0.15, -0.1) is 5.10 Å². The Balaban J connectivity index is 1.52. The number of hydrogen-bond donors (Lipinski definition) is 1. The molecule has 4 rings (SSSR count). The molecule has 1 fully saturated rings. The van der Waals surface area contributed by atoms with E-state index in [-0.39, 0.29) is 23.6 Å². The van der Waals surface area contributed by atoms with E-state index in [1.54, 1.807) is 47.2 Å². The lowest BCUT2D eigenvalue weighted by Gasteiger charge is -2.29. The van der Waals surface area contributed by atoms with Crippen molar-refractivity contribution in [3.05, 3.63) is 77.6 Å². The fourth-order valence-electron chi connectivity index (χ4n) is 4.35. The zero-order chi connectivity index (χ0) is 25.7. The Labute approximate surface area is 210 Å². The molecule has 2 amide bonds. The molecule has 0 saturated carbocycles. The van der Waals surface area contributed by atoms with E-state index >= 15 is 0 Å². The molecule has 2 heterocycles. The molecule has 190 valence electrons. The summed E-state index contributed by atoms with van der Waals surface area (Å²) in [7, 11) is -1.67. The first kappa shape index (κ1) is 25.4. The minimum atomic E-state index is -3.22. The summed E-state index contributed by atoms with van der Waals surface area (Å²) in [6, 6.07) is 14.8.